The second-order valence-electron chi connectivity index (χ2n) is 6.01. The molecule has 1 aliphatic carbocycles. The molecule has 1 aromatic carbocycles. The minimum Gasteiger partial charge on any atom is -0.486 e. The van der Waals surface area contributed by atoms with E-state index < -0.39 is 0 Å². The number of ether oxygens (including phenoxy) is 2. The highest BCUT2D eigenvalue weighted by atomic mass is 16.6. The number of hydrogen-bond acceptors (Lipinski definition) is 4. The monoisotopic (exact) mass is 273 g/mol. The Hall–Kier alpha value is -1.75. The number of aromatic amines is 1. The highest BCUT2D eigenvalue weighted by Gasteiger charge is 2.40. The summed E-state index contributed by atoms with van der Waals surface area (Å²) in [5.74, 6) is 2.56. The summed E-state index contributed by atoms with van der Waals surface area (Å²) in [6, 6.07) is 4.10. The van der Waals surface area contributed by atoms with Crippen molar-refractivity contribution in [1.82, 2.24) is 9.97 Å². The van der Waals surface area contributed by atoms with E-state index in [0.717, 1.165) is 47.6 Å². The molecule has 1 aliphatic heterocycles. The normalized spacial score (nSPS) is 29.0. The number of rotatable bonds is 1. The van der Waals surface area contributed by atoms with Crippen LogP contribution in [0.4, 0.5) is 0 Å². The molecule has 0 spiro atoms. The zero-order valence-electron chi connectivity index (χ0n) is 11.6. The van der Waals surface area contributed by atoms with Gasteiger partial charge >= 0.3 is 0 Å². The van der Waals surface area contributed by atoms with Crippen LogP contribution in [0.15, 0.2) is 12.1 Å². The van der Waals surface area contributed by atoms with Crippen molar-refractivity contribution in [3.8, 4) is 11.5 Å². The van der Waals surface area contributed by atoms with Crippen LogP contribution in [-0.2, 0) is 5.41 Å². The molecule has 0 saturated heterocycles. The molecular weight excluding hydrogens is 254 g/mol. The molecule has 0 radical (unpaired) electrons. The van der Waals surface area contributed by atoms with E-state index in [1.54, 1.807) is 0 Å². The van der Waals surface area contributed by atoms with Crippen molar-refractivity contribution in [2.24, 2.45) is 5.73 Å². The lowest BCUT2D eigenvalue weighted by Crippen LogP contribution is -2.39. The molecule has 2 unspecified atom stereocenters. The summed E-state index contributed by atoms with van der Waals surface area (Å²) in [6.07, 6.45) is 3.31. The first-order valence-electron chi connectivity index (χ1n) is 7.22. The van der Waals surface area contributed by atoms with E-state index in [0.29, 0.717) is 13.2 Å². The average Bonchev–Trinajstić information content (AvgIpc) is 3.01. The predicted octanol–water partition coefficient (Wildman–Crippen LogP) is 2.10. The molecule has 4 rings (SSSR count). The molecule has 106 valence electrons. The van der Waals surface area contributed by atoms with Gasteiger partial charge in [-0.2, -0.15) is 0 Å². The first-order chi connectivity index (χ1) is 9.67. The van der Waals surface area contributed by atoms with Crippen LogP contribution in [0.2, 0.25) is 0 Å². The fourth-order valence-electron chi connectivity index (χ4n) is 3.30. The van der Waals surface area contributed by atoms with E-state index in [1.807, 2.05) is 12.1 Å². The lowest BCUT2D eigenvalue weighted by molar-refractivity contribution is 0.172. The molecule has 2 aromatic rings. The number of H-pyrrole nitrogens is 1. The van der Waals surface area contributed by atoms with Crippen LogP contribution in [0.3, 0.4) is 0 Å². The Labute approximate surface area is 117 Å². The van der Waals surface area contributed by atoms with Crippen LogP contribution in [0.5, 0.6) is 11.5 Å². The Morgan fingerprint density at radius 2 is 2.05 bits per heavy atom. The lowest BCUT2D eigenvalue weighted by Gasteiger charge is -2.26. The number of nitrogens with one attached hydrogen (secondary N) is 1. The third kappa shape index (κ3) is 1.62. The molecule has 1 saturated carbocycles. The summed E-state index contributed by atoms with van der Waals surface area (Å²) in [6.45, 7) is 3.40. The van der Waals surface area contributed by atoms with Gasteiger partial charge in [0.05, 0.1) is 11.0 Å². The number of hydrogen-bond donors (Lipinski definition) is 2. The second-order valence-corrected chi connectivity index (χ2v) is 6.01. The first-order valence-corrected chi connectivity index (χ1v) is 7.22. The average molecular weight is 273 g/mol. The SMILES string of the molecule is CC1(c2nc3cc4c(cc3[nH]2)OCCO4)CCCC1N. The third-order valence-electron chi connectivity index (χ3n) is 4.72. The van der Waals surface area contributed by atoms with Gasteiger partial charge in [0, 0.05) is 23.6 Å². The summed E-state index contributed by atoms with van der Waals surface area (Å²) < 4.78 is 11.2. The van der Waals surface area contributed by atoms with Gasteiger partial charge in [-0.1, -0.05) is 13.3 Å². The molecule has 2 atom stereocenters. The molecular formula is C15H19N3O2. The molecule has 1 aromatic heterocycles. The fourth-order valence-corrected chi connectivity index (χ4v) is 3.30. The maximum absolute atomic E-state index is 6.28. The van der Waals surface area contributed by atoms with Gasteiger partial charge in [0.25, 0.3) is 0 Å². The smallest absolute Gasteiger partial charge is 0.163 e. The standard InChI is InChI=1S/C15H19N3O2/c1-15(4-2-3-13(15)16)14-17-9-7-11-12(8-10(9)18-14)20-6-5-19-11/h7-8,13H,2-6,16H2,1H3,(H,17,18). The van der Waals surface area contributed by atoms with Gasteiger partial charge in [0.2, 0.25) is 0 Å². The molecule has 2 heterocycles. The minimum atomic E-state index is -0.0543. The summed E-state index contributed by atoms with van der Waals surface area (Å²) in [5.41, 5.74) is 8.14. The fraction of sp³-hybridized carbons (Fsp3) is 0.533. The topological polar surface area (TPSA) is 73.2 Å². The van der Waals surface area contributed by atoms with Gasteiger partial charge in [0.1, 0.15) is 19.0 Å². The van der Waals surface area contributed by atoms with Crippen molar-refractivity contribution in [1.29, 1.82) is 0 Å². The molecule has 5 nitrogen and oxygen atoms in total. The maximum Gasteiger partial charge on any atom is 0.163 e. The predicted molar refractivity (Wildman–Crippen MR) is 76.3 cm³/mol. The van der Waals surface area contributed by atoms with E-state index in [2.05, 4.69) is 11.9 Å². The van der Waals surface area contributed by atoms with Crippen LogP contribution in [0.25, 0.3) is 11.0 Å². The lowest BCUT2D eigenvalue weighted by atomic mass is 9.84. The van der Waals surface area contributed by atoms with Gasteiger partial charge in [0.15, 0.2) is 11.5 Å². The van der Waals surface area contributed by atoms with Crippen molar-refractivity contribution in [3.63, 3.8) is 0 Å². The Balaban J connectivity index is 1.82. The maximum atomic E-state index is 6.28. The number of imidazole rings is 1. The van der Waals surface area contributed by atoms with Crippen molar-refractivity contribution < 1.29 is 9.47 Å². The van der Waals surface area contributed by atoms with E-state index in [4.69, 9.17) is 20.2 Å². The van der Waals surface area contributed by atoms with Crippen molar-refractivity contribution in [3.05, 3.63) is 18.0 Å². The van der Waals surface area contributed by atoms with Crippen LogP contribution in [-0.4, -0.2) is 29.2 Å². The molecule has 20 heavy (non-hydrogen) atoms. The number of aromatic nitrogens is 2. The Morgan fingerprint density at radius 3 is 2.75 bits per heavy atom. The van der Waals surface area contributed by atoms with Gasteiger partial charge in [-0.15, -0.1) is 0 Å². The Bertz CT molecular complexity index is 623. The summed E-state index contributed by atoms with van der Waals surface area (Å²) in [5, 5.41) is 0. The van der Waals surface area contributed by atoms with Crippen molar-refractivity contribution >= 4 is 11.0 Å². The van der Waals surface area contributed by atoms with Crippen LogP contribution in [0.1, 0.15) is 32.0 Å². The highest BCUT2D eigenvalue weighted by molar-refractivity contribution is 5.80. The molecule has 2 aliphatic rings. The summed E-state index contributed by atoms with van der Waals surface area (Å²) in [7, 11) is 0. The molecule has 5 heteroatoms. The molecule has 1 fully saturated rings. The van der Waals surface area contributed by atoms with E-state index in [-0.39, 0.29) is 11.5 Å². The molecule has 0 bridgehead atoms. The minimum absolute atomic E-state index is 0.0543. The number of benzene rings is 1. The number of nitrogens with zero attached hydrogens (tertiary/aromatic N) is 1. The van der Waals surface area contributed by atoms with E-state index in [1.165, 1.54) is 0 Å². The van der Waals surface area contributed by atoms with Crippen molar-refractivity contribution in [2.45, 2.75) is 37.6 Å². The largest absolute Gasteiger partial charge is 0.486 e. The van der Waals surface area contributed by atoms with Crippen LogP contribution < -0.4 is 15.2 Å². The second kappa shape index (κ2) is 4.12. The van der Waals surface area contributed by atoms with Crippen molar-refractivity contribution in [2.75, 3.05) is 13.2 Å². The van der Waals surface area contributed by atoms with Crippen LogP contribution >= 0.6 is 0 Å². The highest BCUT2D eigenvalue weighted by Crippen LogP contribution is 2.40. The van der Waals surface area contributed by atoms with E-state index >= 15 is 0 Å². The summed E-state index contributed by atoms with van der Waals surface area (Å²) >= 11 is 0. The van der Waals surface area contributed by atoms with Gasteiger partial charge in [-0.25, -0.2) is 4.98 Å². The van der Waals surface area contributed by atoms with E-state index in [9.17, 15) is 0 Å². The van der Waals surface area contributed by atoms with Gasteiger partial charge < -0.3 is 20.2 Å². The van der Waals surface area contributed by atoms with Gasteiger partial charge in [-0.3, -0.25) is 0 Å². The van der Waals surface area contributed by atoms with Crippen LogP contribution in [0, 0.1) is 0 Å². The summed E-state index contributed by atoms with van der Waals surface area (Å²) in [4.78, 5) is 8.19. The number of nitrogens with two attached hydrogens (primary N) is 1. The number of fused-ring (bicyclic) bond motifs is 2. The zero-order chi connectivity index (χ0) is 13.7. The Morgan fingerprint density at radius 1 is 1.30 bits per heavy atom. The zero-order valence-corrected chi connectivity index (χ0v) is 11.6. The molecule has 0 amide bonds. The quantitative estimate of drug-likeness (QED) is 0.834. The molecule has 3 N–H and O–H groups in total. The van der Waals surface area contributed by atoms with Gasteiger partial charge in [-0.05, 0) is 12.8 Å². The third-order valence-corrected chi connectivity index (χ3v) is 4.72. The Kier molecular flexibility index (Phi) is 2.48. The first kappa shape index (κ1) is 12.0.